The largest absolute Gasteiger partial charge is 0.356 e. The van der Waals surface area contributed by atoms with E-state index in [1.165, 1.54) is 0 Å². The highest BCUT2D eigenvalue weighted by molar-refractivity contribution is 6.33. The van der Waals surface area contributed by atoms with E-state index in [0.29, 0.717) is 27.9 Å². The predicted molar refractivity (Wildman–Crippen MR) is 126 cm³/mol. The molecule has 2 aromatic carbocycles. The molecular weight excluding hydrogens is 429 g/mol. The summed E-state index contributed by atoms with van der Waals surface area (Å²) in [6.07, 6.45) is 0. The fourth-order valence-electron chi connectivity index (χ4n) is 4.83. The van der Waals surface area contributed by atoms with Gasteiger partial charge >= 0.3 is 0 Å². The Balaban J connectivity index is 1.61. The lowest BCUT2D eigenvalue weighted by Gasteiger charge is -2.22. The SMILES string of the molecule is Cc1cc(N2C[C@@H]3C(N)[C@@H]3C2)n2nc(-c3ccccc3Cl)c(-c3ccc(Cl)cc3)c2n1. The highest BCUT2D eigenvalue weighted by atomic mass is 35.5. The molecule has 2 N–H and O–H groups in total. The van der Waals surface area contributed by atoms with Gasteiger partial charge in [0, 0.05) is 41.5 Å². The van der Waals surface area contributed by atoms with Gasteiger partial charge in [0.25, 0.3) is 0 Å². The molecule has 0 radical (unpaired) electrons. The van der Waals surface area contributed by atoms with Crippen LogP contribution in [0.4, 0.5) is 5.82 Å². The molecular formula is C24H21Cl2N5. The van der Waals surface area contributed by atoms with E-state index in [2.05, 4.69) is 11.0 Å². The normalized spacial score (nSPS) is 22.2. The van der Waals surface area contributed by atoms with E-state index < -0.39 is 0 Å². The van der Waals surface area contributed by atoms with Crippen LogP contribution in [0.5, 0.6) is 0 Å². The Hall–Kier alpha value is -2.60. The molecule has 2 fully saturated rings. The zero-order chi connectivity index (χ0) is 21.3. The summed E-state index contributed by atoms with van der Waals surface area (Å²) >= 11 is 12.8. The molecule has 0 spiro atoms. The number of fused-ring (bicyclic) bond motifs is 2. The molecule has 0 bridgehead atoms. The Morgan fingerprint density at radius 3 is 2.42 bits per heavy atom. The van der Waals surface area contributed by atoms with Crippen LogP contribution in [-0.2, 0) is 0 Å². The van der Waals surface area contributed by atoms with E-state index in [1.807, 2.05) is 60.0 Å². The molecule has 156 valence electrons. The zero-order valence-electron chi connectivity index (χ0n) is 17.0. The van der Waals surface area contributed by atoms with Crippen molar-refractivity contribution in [1.29, 1.82) is 0 Å². The second kappa shape index (κ2) is 6.95. The van der Waals surface area contributed by atoms with Crippen molar-refractivity contribution in [3.8, 4) is 22.4 Å². The minimum absolute atomic E-state index is 0.343. The Labute approximate surface area is 190 Å². The second-order valence-electron chi connectivity index (χ2n) is 8.51. The van der Waals surface area contributed by atoms with Gasteiger partial charge in [0.05, 0.1) is 10.6 Å². The van der Waals surface area contributed by atoms with Crippen molar-refractivity contribution < 1.29 is 0 Å². The van der Waals surface area contributed by atoms with E-state index in [-0.39, 0.29) is 0 Å². The minimum Gasteiger partial charge on any atom is -0.356 e. The second-order valence-corrected chi connectivity index (χ2v) is 9.36. The maximum absolute atomic E-state index is 6.60. The third-order valence-electron chi connectivity index (χ3n) is 6.54. The number of hydrogen-bond acceptors (Lipinski definition) is 4. The number of anilines is 1. The molecule has 1 unspecified atom stereocenters. The van der Waals surface area contributed by atoms with E-state index in [0.717, 1.165) is 52.6 Å². The molecule has 4 aromatic rings. The van der Waals surface area contributed by atoms with E-state index in [9.17, 15) is 0 Å². The number of halogens is 2. The number of benzene rings is 2. The summed E-state index contributed by atoms with van der Waals surface area (Å²) in [5.41, 5.74) is 11.6. The smallest absolute Gasteiger partial charge is 0.166 e. The number of nitrogens with zero attached hydrogens (tertiary/aromatic N) is 4. The highest BCUT2D eigenvalue weighted by Crippen LogP contribution is 2.46. The van der Waals surface area contributed by atoms with Gasteiger partial charge in [0.1, 0.15) is 11.5 Å². The lowest BCUT2D eigenvalue weighted by atomic mass is 10.0. The fourth-order valence-corrected chi connectivity index (χ4v) is 5.18. The number of hydrogen-bond donors (Lipinski definition) is 1. The van der Waals surface area contributed by atoms with Gasteiger partial charge in [-0.15, -0.1) is 0 Å². The van der Waals surface area contributed by atoms with Crippen LogP contribution in [0, 0.1) is 18.8 Å². The van der Waals surface area contributed by atoms with Crippen molar-refractivity contribution in [2.45, 2.75) is 13.0 Å². The van der Waals surface area contributed by atoms with Crippen LogP contribution in [-0.4, -0.2) is 33.7 Å². The maximum Gasteiger partial charge on any atom is 0.166 e. The molecule has 1 saturated heterocycles. The van der Waals surface area contributed by atoms with Crippen LogP contribution >= 0.6 is 23.2 Å². The molecule has 31 heavy (non-hydrogen) atoms. The van der Waals surface area contributed by atoms with Crippen molar-refractivity contribution in [2.75, 3.05) is 18.0 Å². The Bertz CT molecular complexity index is 1300. The van der Waals surface area contributed by atoms with Crippen LogP contribution in [0.3, 0.4) is 0 Å². The number of piperidine rings is 1. The van der Waals surface area contributed by atoms with Gasteiger partial charge in [-0.05, 0) is 42.5 Å². The number of aromatic nitrogens is 3. The lowest BCUT2D eigenvalue weighted by Crippen LogP contribution is -2.29. The summed E-state index contributed by atoms with van der Waals surface area (Å²) in [6.45, 7) is 3.95. The third-order valence-corrected chi connectivity index (χ3v) is 7.13. The Morgan fingerprint density at radius 2 is 1.71 bits per heavy atom. The first kappa shape index (κ1) is 19.1. The average Bonchev–Trinajstić information content (AvgIpc) is 3.12. The summed E-state index contributed by atoms with van der Waals surface area (Å²) in [7, 11) is 0. The summed E-state index contributed by atoms with van der Waals surface area (Å²) in [5, 5.41) is 6.40. The fraction of sp³-hybridized carbons (Fsp3) is 0.250. The maximum atomic E-state index is 6.60. The van der Waals surface area contributed by atoms with Crippen LogP contribution < -0.4 is 10.6 Å². The average molecular weight is 450 g/mol. The molecule has 3 heterocycles. The standard InChI is InChI=1S/C24H21Cl2N5/c1-13-10-20(30-11-17-18(12-30)22(17)27)31-24(28-13)21(14-6-8-15(25)9-7-14)23(29-31)16-4-2-3-5-19(16)26/h2-10,17-18,22H,11-12,27H2,1H3/t17-,18+,22?. The summed E-state index contributed by atoms with van der Waals surface area (Å²) in [4.78, 5) is 7.28. The minimum atomic E-state index is 0.343. The molecule has 3 atom stereocenters. The van der Waals surface area contributed by atoms with E-state index in [1.54, 1.807) is 0 Å². The number of nitrogens with two attached hydrogens (primary N) is 1. The molecule has 2 aliphatic rings. The predicted octanol–water partition coefficient (Wildman–Crippen LogP) is 5.07. The van der Waals surface area contributed by atoms with Crippen molar-refractivity contribution in [3.05, 3.63) is 70.3 Å². The van der Waals surface area contributed by atoms with Gasteiger partial charge in [-0.3, -0.25) is 0 Å². The lowest BCUT2D eigenvalue weighted by molar-refractivity contribution is 0.720. The first-order valence-electron chi connectivity index (χ1n) is 10.4. The van der Waals surface area contributed by atoms with Crippen molar-refractivity contribution >= 4 is 34.7 Å². The summed E-state index contributed by atoms with van der Waals surface area (Å²) < 4.78 is 1.96. The Morgan fingerprint density at radius 1 is 1.00 bits per heavy atom. The van der Waals surface area contributed by atoms with Crippen molar-refractivity contribution in [1.82, 2.24) is 14.6 Å². The van der Waals surface area contributed by atoms with Crippen LogP contribution in [0.1, 0.15) is 5.69 Å². The van der Waals surface area contributed by atoms with Crippen LogP contribution in [0.2, 0.25) is 10.0 Å². The highest BCUT2D eigenvalue weighted by Gasteiger charge is 2.54. The molecule has 7 heteroatoms. The third kappa shape index (κ3) is 3.03. The molecule has 1 aliphatic heterocycles. The zero-order valence-corrected chi connectivity index (χ0v) is 18.5. The van der Waals surface area contributed by atoms with Crippen molar-refractivity contribution in [3.63, 3.8) is 0 Å². The Kier molecular flexibility index (Phi) is 4.29. The topological polar surface area (TPSA) is 59.5 Å². The molecule has 6 rings (SSSR count). The van der Waals surface area contributed by atoms with E-state index in [4.69, 9.17) is 39.0 Å². The first-order valence-corrected chi connectivity index (χ1v) is 11.2. The van der Waals surface area contributed by atoms with Crippen LogP contribution in [0.25, 0.3) is 28.0 Å². The van der Waals surface area contributed by atoms with Gasteiger partial charge < -0.3 is 10.6 Å². The first-order chi connectivity index (χ1) is 15.0. The van der Waals surface area contributed by atoms with Gasteiger partial charge in [-0.25, -0.2) is 4.98 Å². The summed E-state index contributed by atoms with van der Waals surface area (Å²) in [6, 6.07) is 18.0. The molecule has 1 saturated carbocycles. The molecule has 5 nitrogen and oxygen atoms in total. The number of rotatable bonds is 3. The van der Waals surface area contributed by atoms with E-state index >= 15 is 0 Å². The quantitative estimate of drug-likeness (QED) is 0.474. The molecule has 2 aromatic heterocycles. The summed E-state index contributed by atoms with van der Waals surface area (Å²) in [5.74, 6) is 2.21. The van der Waals surface area contributed by atoms with Crippen LogP contribution in [0.15, 0.2) is 54.6 Å². The van der Waals surface area contributed by atoms with Gasteiger partial charge in [0.2, 0.25) is 0 Å². The van der Waals surface area contributed by atoms with Gasteiger partial charge in [-0.2, -0.15) is 9.61 Å². The van der Waals surface area contributed by atoms with Crippen molar-refractivity contribution in [2.24, 2.45) is 17.6 Å². The van der Waals surface area contributed by atoms with Gasteiger partial charge in [0.15, 0.2) is 5.65 Å². The molecule has 0 amide bonds. The molecule has 1 aliphatic carbocycles. The monoisotopic (exact) mass is 449 g/mol. The number of aryl methyl sites for hydroxylation is 1. The van der Waals surface area contributed by atoms with Gasteiger partial charge in [-0.1, -0.05) is 53.5 Å².